The number of alkyl halides is 1. The molecule has 0 spiro atoms. The Morgan fingerprint density at radius 3 is 3.06 bits per heavy atom. The Morgan fingerprint density at radius 2 is 2.44 bits per heavy atom. The number of hydrazine groups is 1. The number of hydrogen-bond donors (Lipinski definition) is 2. The van der Waals surface area contributed by atoms with Gasteiger partial charge in [-0.25, -0.2) is 4.98 Å². The van der Waals surface area contributed by atoms with E-state index >= 15 is 0 Å². The number of aromatic nitrogens is 3. The van der Waals surface area contributed by atoms with Crippen molar-refractivity contribution < 1.29 is 0 Å². The number of nitrogens with two attached hydrogens (primary N) is 1. The Morgan fingerprint density at radius 1 is 1.62 bits per heavy atom. The fourth-order valence-electron chi connectivity index (χ4n) is 1.63. The predicted molar refractivity (Wildman–Crippen MR) is 65.1 cm³/mol. The van der Waals surface area contributed by atoms with Crippen LogP contribution in [0.2, 0.25) is 0 Å². The van der Waals surface area contributed by atoms with Crippen molar-refractivity contribution in [2.24, 2.45) is 5.84 Å². The summed E-state index contributed by atoms with van der Waals surface area (Å²) in [6, 6.07) is 0.221. The number of nitrogens with zero attached hydrogens (tertiary/aromatic N) is 3. The van der Waals surface area contributed by atoms with E-state index < -0.39 is 0 Å². The van der Waals surface area contributed by atoms with E-state index in [1.165, 1.54) is 0 Å². The second-order valence-corrected chi connectivity index (χ2v) is 4.18. The van der Waals surface area contributed by atoms with Crippen LogP contribution in [0.5, 0.6) is 0 Å². The summed E-state index contributed by atoms with van der Waals surface area (Å²) in [4.78, 5) is 4.25. The van der Waals surface area contributed by atoms with Crippen LogP contribution in [0.15, 0.2) is 6.33 Å². The normalized spacial score (nSPS) is 12.9. The third-order valence-corrected chi connectivity index (χ3v) is 2.75. The fraction of sp³-hybridized carbons (Fsp3) is 0.800. The molecule has 5 nitrogen and oxygen atoms in total. The standard InChI is InChI=1S/C10H20ClN5/c1-2-6-16-10(13-8-14-16)7-9(15-12)4-3-5-11/h8-9,15H,2-7,12H2,1H3. The summed E-state index contributed by atoms with van der Waals surface area (Å²) in [5, 5.41) is 4.18. The van der Waals surface area contributed by atoms with E-state index in [9.17, 15) is 0 Å². The molecule has 0 radical (unpaired) electrons. The molecule has 0 aliphatic heterocycles. The van der Waals surface area contributed by atoms with Crippen LogP contribution >= 0.6 is 11.6 Å². The van der Waals surface area contributed by atoms with E-state index in [1.807, 2.05) is 4.68 Å². The number of rotatable bonds is 8. The second kappa shape index (κ2) is 7.60. The topological polar surface area (TPSA) is 68.8 Å². The van der Waals surface area contributed by atoms with E-state index in [0.717, 1.165) is 38.1 Å². The number of hydrogen-bond acceptors (Lipinski definition) is 4. The molecule has 0 fully saturated rings. The van der Waals surface area contributed by atoms with Crippen molar-refractivity contribution in [3.05, 3.63) is 12.2 Å². The summed E-state index contributed by atoms with van der Waals surface area (Å²) in [6.07, 6.45) is 5.36. The quantitative estimate of drug-likeness (QED) is 0.409. The zero-order valence-electron chi connectivity index (χ0n) is 9.69. The molecular formula is C10H20ClN5. The van der Waals surface area contributed by atoms with Crippen LogP contribution in [0.1, 0.15) is 32.0 Å². The van der Waals surface area contributed by atoms with E-state index in [0.29, 0.717) is 5.88 Å². The maximum atomic E-state index is 5.66. The van der Waals surface area contributed by atoms with Gasteiger partial charge in [-0.1, -0.05) is 6.92 Å². The second-order valence-electron chi connectivity index (χ2n) is 3.80. The van der Waals surface area contributed by atoms with Gasteiger partial charge in [0.05, 0.1) is 0 Å². The van der Waals surface area contributed by atoms with Crippen LogP contribution < -0.4 is 11.3 Å². The molecule has 6 heteroatoms. The van der Waals surface area contributed by atoms with Crippen molar-refractivity contribution >= 4 is 11.6 Å². The first kappa shape index (κ1) is 13.4. The number of halogens is 1. The minimum atomic E-state index is 0.221. The van der Waals surface area contributed by atoms with Crippen molar-refractivity contribution in [1.82, 2.24) is 20.2 Å². The van der Waals surface area contributed by atoms with Crippen molar-refractivity contribution in [2.75, 3.05) is 5.88 Å². The lowest BCUT2D eigenvalue weighted by atomic mass is 10.1. The molecule has 1 unspecified atom stereocenters. The van der Waals surface area contributed by atoms with Gasteiger partial charge >= 0.3 is 0 Å². The Hall–Kier alpha value is -0.650. The molecule has 92 valence electrons. The Balaban J connectivity index is 2.51. The van der Waals surface area contributed by atoms with Crippen LogP contribution in [0, 0.1) is 0 Å². The van der Waals surface area contributed by atoms with Crippen molar-refractivity contribution in [1.29, 1.82) is 0 Å². The molecule has 3 N–H and O–H groups in total. The largest absolute Gasteiger partial charge is 0.271 e. The summed E-state index contributed by atoms with van der Waals surface area (Å²) in [5.74, 6) is 7.16. The van der Waals surface area contributed by atoms with Gasteiger partial charge in [0.2, 0.25) is 0 Å². The van der Waals surface area contributed by atoms with E-state index in [-0.39, 0.29) is 6.04 Å². The van der Waals surface area contributed by atoms with Crippen LogP contribution in [-0.2, 0) is 13.0 Å². The van der Waals surface area contributed by atoms with Gasteiger partial charge in [-0.15, -0.1) is 11.6 Å². The first-order valence-corrected chi connectivity index (χ1v) is 6.24. The predicted octanol–water partition coefficient (Wildman–Crippen LogP) is 1.08. The third-order valence-electron chi connectivity index (χ3n) is 2.48. The van der Waals surface area contributed by atoms with Crippen molar-refractivity contribution in [2.45, 2.75) is 45.2 Å². The molecule has 1 atom stereocenters. The van der Waals surface area contributed by atoms with E-state index in [2.05, 4.69) is 22.4 Å². The molecule has 1 rings (SSSR count). The fourth-order valence-corrected chi connectivity index (χ4v) is 1.79. The molecule has 0 bridgehead atoms. The summed E-state index contributed by atoms with van der Waals surface area (Å²) in [7, 11) is 0. The maximum Gasteiger partial charge on any atom is 0.138 e. The first-order chi connectivity index (χ1) is 7.81. The highest BCUT2D eigenvalue weighted by Gasteiger charge is 2.11. The van der Waals surface area contributed by atoms with Gasteiger partial charge in [-0.2, -0.15) is 5.10 Å². The SMILES string of the molecule is CCCn1ncnc1CC(CCCCl)NN. The molecule has 0 saturated heterocycles. The van der Waals surface area contributed by atoms with E-state index in [1.54, 1.807) is 6.33 Å². The summed E-state index contributed by atoms with van der Waals surface area (Å²) in [6.45, 7) is 3.03. The van der Waals surface area contributed by atoms with Crippen molar-refractivity contribution in [3.63, 3.8) is 0 Å². The molecule has 1 aromatic heterocycles. The Kier molecular flexibility index (Phi) is 6.37. The zero-order chi connectivity index (χ0) is 11.8. The van der Waals surface area contributed by atoms with Gasteiger partial charge in [0.25, 0.3) is 0 Å². The van der Waals surface area contributed by atoms with Crippen LogP contribution in [0.4, 0.5) is 0 Å². The molecule has 0 amide bonds. The Bertz CT molecular complexity index is 288. The van der Waals surface area contributed by atoms with Crippen molar-refractivity contribution in [3.8, 4) is 0 Å². The summed E-state index contributed by atoms with van der Waals surface area (Å²) in [5.41, 5.74) is 2.80. The molecular weight excluding hydrogens is 226 g/mol. The average Bonchev–Trinajstić information content (AvgIpc) is 2.72. The molecule has 0 aromatic carbocycles. The van der Waals surface area contributed by atoms with Gasteiger partial charge < -0.3 is 0 Å². The minimum absolute atomic E-state index is 0.221. The summed E-state index contributed by atoms with van der Waals surface area (Å²) < 4.78 is 1.94. The van der Waals surface area contributed by atoms with Gasteiger partial charge in [0.1, 0.15) is 12.2 Å². The smallest absolute Gasteiger partial charge is 0.138 e. The zero-order valence-corrected chi connectivity index (χ0v) is 10.5. The molecule has 0 aliphatic carbocycles. The lowest BCUT2D eigenvalue weighted by Crippen LogP contribution is -2.37. The number of aryl methyl sites for hydroxylation is 1. The first-order valence-electron chi connectivity index (χ1n) is 5.70. The highest BCUT2D eigenvalue weighted by molar-refractivity contribution is 6.17. The van der Waals surface area contributed by atoms with E-state index in [4.69, 9.17) is 17.4 Å². The molecule has 0 saturated carbocycles. The lowest BCUT2D eigenvalue weighted by molar-refractivity contribution is 0.458. The highest BCUT2D eigenvalue weighted by Crippen LogP contribution is 2.06. The number of nitrogens with one attached hydrogen (secondary N) is 1. The van der Waals surface area contributed by atoms with Crippen LogP contribution in [-0.4, -0.2) is 26.7 Å². The van der Waals surface area contributed by atoms with Crippen LogP contribution in [0.25, 0.3) is 0 Å². The summed E-state index contributed by atoms with van der Waals surface area (Å²) >= 11 is 5.66. The third kappa shape index (κ3) is 4.08. The van der Waals surface area contributed by atoms with Gasteiger partial charge in [-0.05, 0) is 19.3 Å². The lowest BCUT2D eigenvalue weighted by Gasteiger charge is -2.14. The van der Waals surface area contributed by atoms with Crippen LogP contribution in [0.3, 0.4) is 0 Å². The highest BCUT2D eigenvalue weighted by atomic mass is 35.5. The maximum absolute atomic E-state index is 5.66. The molecule has 1 heterocycles. The van der Waals surface area contributed by atoms with Gasteiger partial charge in [0, 0.05) is 24.9 Å². The Labute approximate surface area is 101 Å². The molecule has 16 heavy (non-hydrogen) atoms. The minimum Gasteiger partial charge on any atom is -0.271 e. The van der Waals surface area contributed by atoms with Gasteiger partial charge in [0.15, 0.2) is 0 Å². The monoisotopic (exact) mass is 245 g/mol. The van der Waals surface area contributed by atoms with Gasteiger partial charge in [-0.3, -0.25) is 16.0 Å². The molecule has 1 aromatic rings. The average molecular weight is 246 g/mol. The molecule has 0 aliphatic rings.